The first-order valence-corrected chi connectivity index (χ1v) is 12.1. The minimum atomic E-state index is -0.344. The van der Waals surface area contributed by atoms with Gasteiger partial charge in [-0.3, -0.25) is 20.4 Å². The highest BCUT2D eigenvalue weighted by Crippen LogP contribution is 2.24. The van der Waals surface area contributed by atoms with Gasteiger partial charge in [-0.1, -0.05) is 66.9 Å². The summed E-state index contributed by atoms with van der Waals surface area (Å²) < 4.78 is 0. The lowest BCUT2D eigenvalue weighted by atomic mass is 9.99. The Bertz CT molecular complexity index is 1160. The molecule has 1 aliphatic heterocycles. The minimum Gasteiger partial charge on any atom is -0.342 e. The fourth-order valence-corrected chi connectivity index (χ4v) is 4.56. The quantitative estimate of drug-likeness (QED) is 0.410. The largest absolute Gasteiger partial charge is 0.342 e. The smallest absolute Gasteiger partial charge is 0.261 e. The van der Waals surface area contributed by atoms with Gasteiger partial charge in [-0.15, -0.1) is 0 Å². The van der Waals surface area contributed by atoms with Crippen LogP contribution in [0.15, 0.2) is 71.5 Å². The van der Waals surface area contributed by atoms with Gasteiger partial charge in [-0.25, -0.2) is 0 Å². The second-order valence-corrected chi connectivity index (χ2v) is 9.24. The number of H-pyrrole nitrogens is 1. The van der Waals surface area contributed by atoms with Gasteiger partial charge in [0.1, 0.15) is 5.56 Å². The second-order valence-electron chi connectivity index (χ2n) is 9.24. The molecule has 6 heteroatoms. The van der Waals surface area contributed by atoms with E-state index in [4.69, 9.17) is 0 Å². The maximum Gasteiger partial charge on any atom is 0.261 e. The Labute approximate surface area is 201 Å². The van der Waals surface area contributed by atoms with Gasteiger partial charge in [0.05, 0.1) is 0 Å². The molecule has 2 unspecified atom stereocenters. The zero-order valence-corrected chi connectivity index (χ0v) is 20.0. The summed E-state index contributed by atoms with van der Waals surface area (Å²) in [6.45, 7) is 2.65. The molecule has 178 valence electrons. The summed E-state index contributed by atoms with van der Waals surface area (Å²) in [5, 5.41) is 0. The third-order valence-corrected chi connectivity index (χ3v) is 6.55. The molecule has 2 atom stereocenters. The minimum absolute atomic E-state index is 0.187. The van der Waals surface area contributed by atoms with Crippen LogP contribution in [-0.2, 0) is 0 Å². The molecule has 0 saturated carbocycles. The lowest BCUT2D eigenvalue weighted by molar-refractivity contribution is 0.0790. The van der Waals surface area contributed by atoms with Crippen LogP contribution >= 0.6 is 0 Å². The predicted octanol–water partition coefficient (Wildman–Crippen LogP) is 4.59. The molecule has 0 bridgehead atoms. The molecule has 2 aromatic carbocycles. The van der Waals surface area contributed by atoms with Gasteiger partial charge in [-0.05, 0) is 55.5 Å². The number of hydrogen-bond acceptors (Lipinski definition) is 4. The number of aromatic amines is 1. The number of pyridine rings is 1. The molecule has 1 amide bonds. The lowest BCUT2D eigenvalue weighted by Crippen LogP contribution is -2.32. The maximum atomic E-state index is 12.8. The number of hydrazine groups is 1. The van der Waals surface area contributed by atoms with Crippen LogP contribution in [-0.4, -0.2) is 35.4 Å². The molecule has 0 spiro atoms. The zero-order chi connectivity index (χ0) is 23.9. The number of carbonyl (C=O) groups is 1. The second kappa shape index (κ2) is 11.3. The molecule has 2 heterocycles. The highest BCUT2D eigenvalue weighted by atomic mass is 16.2. The molecule has 0 radical (unpaired) electrons. The molecule has 4 rings (SSSR count). The molecule has 1 aliphatic rings. The summed E-state index contributed by atoms with van der Waals surface area (Å²) in [7, 11) is 1.77. The monoisotopic (exact) mass is 458 g/mol. The molecular weight excluding hydrogens is 424 g/mol. The number of rotatable bonds is 9. The molecule has 6 nitrogen and oxygen atoms in total. The number of benzene rings is 2. The number of amides is 1. The summed E-state index contributed by atoms with van der Waals surface area (Å²) in [6.07, 6.45) is 5.27. The van der Waals surface area contributed by atoms with Gasteiger partial charge in [0.15, 0.2) is 0 Å². The summed E-state index contributed by atoms with van der Waals surface area (Å²) in [6, 6.07) is 22.7. The predicted molar refractivity (Wildman–Crippen MR) is 137 cm³/mol. The SMILES string of the molecule is Cc1cccc(-c2ccc(C(=O)N(C)CCCCCC3CC(c4ccccc4)NN3)c(=O)[nH]2)c1. The molecule has 1 fully saturated rings. The third kappa shape index (κ3) is 6.01. The van der Waals surface area contributed by atoms with E-state index in [1.54, 1.807) is 18.0 Å². The maximum absolute atomic E-state index is 12.8. The summed E-state index contributed by atoms with van der Waals surface area (Å²) in [4.78, 5) is 29.9. The Hall–Kier alpha value is -3.22. The van der Waals surface area contributed by atoms with Crippen molar-refractivity contribution in [2.45, 2.75) is 51.1 Å². The number of nitrogens with one attached hydrogen (secondary N) is 3. The molecule has 3 aromatic rings. The fourth-order valence-electron chi connectivity index (χ4n) is 4.56. The number of aryl methyl sites for hydroxylation is 1. The summed E-state index contributed by atoms with van der Waals surface area (Å²) in [5.74, 6) is -0.232. The van der Waals surface area contributed by atoms with Gasteiger partial charge in [0.2, 0.25) is 0 Å². The standard InChI is InChI=1S/C28H34N4O2/c1-20-10-9-13-22(18-20)25-16-15-24(27(33)29-25)28(34)32(2)17-8-4-7-14-23-19-26(31-30-23)21-11-5-3-6-12-21/h3,5-6,9-13,15-16,18,23,26,30-31H,4,7-8,14,17,19H2,1-2H3,(H,29,33). The average Bonchev–Trinajstić information content (AvgIpc) is 3.33. The van der Waals surface area contributed by atoms with Gasteiger partial charge in [-0.2, -0.15) is 0 Å². The van der Waals surface area contributed by atoms with Gasteiger partial charge >= 0.3 is 0 Å². The number of carbonyl (C=O) groups excluding carboxylic acids is 1. The van der Waals surface area contributed by atoms with E-state index >= 15 is 0 Å². The summed E-state index contributed by atoms with van der Waals surface area (Å²) >= 11 is 0. The summed E-state index contributed by atoms with van der Waals surface area (Å²) in [5.41, 5.74) is 10.8. The zero-order valence-electron chi connectivity index (χ0n) is 20.0. The lowest BCUT2D eigenvalue weighted by Gasteiger charge is -2.17. The Morgan fingerprint density at radius 1 is 0.971 bits per heavy atom. The Morgan fingerprint density at radius 3 is 2.56 bits per heavy atom. The topological polar surface area (TPSA) is 77.2 Å². The van der Waals surface area contributed by atoms with E-state index in [1.807, 2.05) is 43.3 Å². The first-order chi connectivity index (χ1) is 16.5. The van der Waals surface area contributed by atoms with Crippen LogP contribution in [0.1, 0.15) is 59.6 Å². The van der Waals surface area contributed by atoms with Crippen LogP contribution in [0.2, 0.25) is 0 Å². The van der Waals surface area contributed by atoms with Crippen molar-refractivity contribution in [1.82, 2.24) is 20.7 Å². The average molecular weight is 459 g/mol. The van der Waals surface area contributed by atoms with E-state index in [0.29, 0.717) is 18.6 Å². The van der Waals surface area contributed by atoms with Gasteiger partial charge in [0, 0.05) is 31.4 Å². The first-order valence-electron chi connectivity index (χ1n) is 12.1. The Balaban J connectivity index is 1.20. The van der Waals surface area contributed by atoms with Crippen LogP contribution in [0.3, 0.4) is 0 Å². The van der Waals surface area contributed by atoms with Crippen molar-refractivity contribution >= 4 is 5.91 Å². The van der Waals surface area contributed by atoms with Gasteiger partial charge < -0.3 is 9.88 Å². The molecule has 1 saturated heterocycles. The molecule has 1 aromatic heterocycles. The normalized spacial score (nSPS) is 17.6. The van der Waals surface area contributed by atoms with Crippen LogP contribution in [0.5, 0.6) is 0 Å². The number of hydrogen-bond donors (Lipinski definition) is 3. The van der Waals surface area contributed by atoms with Crippen LogP contribution in [0.25, 0.3) is 11.3 Å². The van der Waals surface area contributed by atoms with E-state index in [2.05, 4.69) is 40.1 Å². The van der Waals surface area contributed by atoms with E-state index < -0.39 is 0 Å². The third-order valence-electron chi connectivity index (χ3n) is 6.55. The van der Waals surface area contributed by atoms with E-state index in [9.17, 15) is 9.59 Å². The van der Waals surface area contributed by atoms with E-state index in [0.717, 1.165) is 48.9 Å². The van der Waals surface area contributed by atoms with E-state index in [-0.39, 0.29) is 17.0 Å². The Morgan fingerprint density at radius 2 is 1.79 bits per heavy atom. The first kappa shape index (κ1) is 23.9. The number of unbranched alkanes of at least 4 members (excludes halogenated alkanes) is 2. The molecule has 3 N–H and O–H groups in total. The van der Waals surface area contributed by atoms with Crippen LogP contribution in [0, 0.1) is 6.92 Å². The van der Waals surface area contributed by atoms with Crippen molar-refractivity contribution in [3.05, 3.63) is 93.8 Å². The van der Waals surface area contributed by atoms with Crippen molar-refractivity contribution in [3.63, 3.8) is 0 Å². The van der Waals surface area contributed by atoms with E-state index in [1.165, 1.54) is 5.56 Å². The van der Waals surface area contributed by atoms with Crippen molar-refractivity contribution in [2.24, 2.45) is 0 Å². The van der Waals surface area contributed by atoms with Gasteiger partial charge in [0.25, 0.3) is 11.5 Å². The highest BCUT2D eigenvalue weighted by Gasteiger charge is 2.24. The van der Waals surface area contributed by atoms with Crippen LogP contribution in [0.4, 0.5) is 0 Å². The van der Waals surface area contributed by atoms with Crippen LogP contribution < -0.4 is 16.4 Å². The molecule has 0 aliphatic carbocycles. The fraction of sp³-hybridized carbons (Fsp3) is 0.357. The Kier molecular flexibility index (Phi) is 7.93. The van der Waals surface area contributed by atoms with Crippen molar-refractivity contribution < 1.29 is 4.79 Å². The molecular formula is C28H34N4O2. The van der Waals surface area contributed by atoms with Crippen molar-refractivity contribution in [1.29, 1.82) is 0 Å². The molecule has 34 heavy (non-hydrogen) atoms. The van der Waals surface area contributed by atoms with Crippen molar-refractivity contribution in [3.8, 4) is 11.3 Å². The number of aromatic nitrogens is 1. The van der Waals surface area contributed by atoms with Crippen molar-refractivity contribution in [2.75, 3.05) is 13.6 Å². The highest BCUT2D eigenvalue weighted by molar-refractivity contribution is 5.93. The number of nitrogens with zero attached hydrogens (tertiary/aromatic N) is 1.